The van der Waals surface area contributed by atoms with Crippen molar-refractivity contribution >= 4 is 11.9 Å². The molecule has 0 bridgehead atoms. The van der Waals surface area contributed by atoms with Crippen molar-refractivity contribution in [2.45, 2.75) is 39.2 Å². The van der Waals surface area contributed by atoms with E-state index in [-0.39, 0.29) is 18.9 Å². The zero-order valence-corrected chi connectivity index (χ0v) is 10.0. The molecule has 5 heteroatoms. The molecule has 1 aliphatic rings. The van der Waals surface area contributed by atoms with Crippen molar-refractivity contribution in [2.75, 3.05) is 13.2 Å². The molecule has 1 fully saturated rings. The zero-order chi connectivity index (χ0) is 12.4. The number of carbonyl (C=O) groups excluding carboxylic acids is 2. The second-order valence-corrected chi connectivity index (χ2v) is 5.41. The first-order chi connectivity index (χ1) is 7.26. The van der Waals surface area contributed by atoms with Gasteiger partial charge in [-0.3, -0.25) is 4.79 Å². The number of alkyl carbamates (subject to hydrolysis) is 1. The topological polar surface area (TPSA) is 75.6 Å². The monoisotopic (exact) mass is 229 g/mol. The van der Waals surface area contributed by atoms with Crippen molar-refractivity contribution in [2.24, 2.45) is 5.41 Å². The summed E-state index contributed by atoms with van der Waals surface area (Å²) >= 11 is 0. The predicted octanol–water partition coefficient (Wildman–Crippen LogP) is 0.853. The van der Waals surface area contributed by atoms with Crippen LogP contribution in [0.4, 0.5) is 4.79 Å². The number of hydrogen-bond donors (Lipinski definition) is 2. The van der Waals surface area contributed by atoms with Crippen LogP contribution in [0.15, 0.2) is 0 Å². The SMILES string of the molecule is CC(C)(C)OC(=O)NCC1(CO)CC(=O)C1. The van der Waals surface area contributed by atoms with Crippen molar-refractivity contribution in [3.05, 3.63) is 0 Å². The summed E-state index contributed by atoms with van der Waals surface area (Å²) in [5.74, 6) is 0.125. The highest BCUT2D eigenvalue weighted by Gasteiger charge is 2.43. The van der Waals surface area contributed by atoms with Gasteiger partial charge in [0.05, 0.1) is 6.61 Å². The summed E-state index contributed by atoms with van der Waals surface area (Å²) in [4.78, 5) is 22.2. The van der Waals surface area contributed by atoms with Gasteiger partial charge in [0, 0.05) is 24.8 Å². The summed E-state index contributed by atoms with van der Waals surface area (Å²) in [5.41, 5.74) is -1.00. The van der Waals surface area contributed by atoms with Gasteiger partial charge in [0.25, 0.3) is 0 Å². The van der Waals surface area contributed by atoms with Crippen molar-refractivity contribution in [3.8, 4) is 0 Å². The second-order valence-electron chi connectivity index (χ2n) is 5.41. The van der Waals surface area contributed by atoms with Crippen molar-refractivity contribution in [1.82, 2.24) is 5.32 Å². The Hall–Kier alpha value is -1.10. The number of aliphatic hydroxyl groups excluding tert-OH is 1. The maximum Gasteiger partial charge on any atom is 0.407 e. The van der Waals surface area contributed by atoms with Crippen molar-refractivity contribution in [1.29, 1.82) is 0 Å². The molecule has 92 valence electrons. The van der Waals surface area contributed by atoms with Gasteiger partial charge >= 0.3 is 6.09 Å². The minimum Gasteiger partial charge on any atom is -0.444 e. The number of ketones is 1. The first-order valence-corrected chi connectivity index (χ1v) is 5.36. The van der Waals surface area contributed by atoms with Crippen LogP contribution in [0, 0.1) is 5.41 Å². The van der Waals surface area contributed by atoms with Gasteiger partial charge in [0.2, 0.25) is 0 Å². The van der Waals surface area contributed by atoms with Crippen molar-refractivity contribution < 1.29 is 19.4 Å². The van der Waals surface area contributed by atoms with Crippen LogP contribution in [0.5, 0.6) is 0 Å². The summed E-state index contributed by atoms with van der Waals surface area (Å²) < 4.78 is 5.06. The van der Waals surface area contributed by atoms with Gasteiger partial charge in [-0.25, -0.2) is 4.79 Å². The molecule has 0 saturated heterocycles. The highest BCUT2D eigenvalue weighted by molar-refractivity contribution is 5.86. The summed E-state index contributed by atoms with van der Waals surface area (Å²) in [7, 11) is 0. The van der Waals surface area contributed by atoms with E-state index in [4.69, 9.17) is 9.84 Å². The first kappa shape index (κ1) is 13.0. The number of nitrogens with one attached hydrogen (secondary N) is 1. The van der Waals surface area contributed by atoms with E-state index in [2.05, 4.69) is 5.32 Å². The van der Waals surface area contributed by atoms with Crippen LogP contribution in [-0.2, 0) is 9.53 Å². The van der Waals surface area contributed by atoms with Crippen LogP contribution in [0.2, 0.25) is 0 Å². The Kier molecular flexibility index (Phi) is 3.57. The van der Waals surface area contributed by atoms with Crippen LogP contribution in [0.1, 0.15) is 33.6 Å². The van der Waals surface area contributed by atoms with Crippen molar-refractivity contribution in [3.63, 3.8) is 0 Å². The van der Waals surface area contributed by atoms with E-state index in [0.29, 0.717) is 12.8 Å². The van der Waals surface area contributed by atoms with E-state index in [1.54, 1.807) is 20.8 Å². The molecule has 5 nitrogen and oxygen atoms in total. The Balaban J connectivity index is 2.34. The third-order valence-corrected chi connectivity index (χ3v) is 2.49. The highest BCUT2D eigenvalue weighted by atomic mass is 16.6. The lowest BCUT2D eigenvalue weighted by Crippen LogP contribution is -2.49. The Morgan fingerprint density at radius 1 is 1.50 bits per heavy atom. The Morgan fingerprint density at radius 2 is 2.06 bits per heavy atom. The van der Waals surface area contributed by atoms with E-state index in [1.165, 1.54) is 0 Å². The van der Waals surface area contributed by atoms with E-state index >= 15 is 0 Å². The molecule has 1 aliphatic carbocycles. The Morgan fingerprint density at radius 3 is 2.44 bits per heavy atom. The molecule has 0 aromatic heterocycles. The molecule has 16 heavy (non-hydrogen) atoms. The highest BCUT2D eigenvalue weighted by Crippen LogP contribution is 2.36. The van der Waals surface area contributed by atoms with Crippen LogP contribution < -0.4 is 5.32 Å². The van der Waals surface area contributed by atoms with E-state index in [0.717, 1.165) is 0 Å². The average Bonchev–Trinajstić information content (AvgIpc) is 2.07. The number of aliphatic hydroxyl groups is 1. The largest absolute Gasteiger partial charge is 0.444 e. The Labute approximate surface area is 95.2 Å². The third kappa shape index (κ3) is 3.48. The molecular formula is C11H19NO4. The number of ether oxygens (including phenoxy) is 1. The number of Topliss-reactive ketones (excluding diaryl/α,β-unsaturated/α-hetero) is 1. The zero-order valence-electron chi connectivity index (χ0n) is 10.0. The van der Waals surface area contributed by atoms with Gasteiger partial charge < -0.3 is 15.2 Å². The predicted molar refractivity (Wildman–Crippen MR) is 58.0 cm³/mol. The number of hydrogen-bond acceptors (Lipinski definition) is 4. The van der Waals surface area contributed by atoms with Gasteiger partial charge in [-0.15, -0.1) is 0 Å². The van der Waals surface area contributed by atoms with E-state index in [1.807, 2.05) is 0 Å². The molecule has 0 aliphatic heterocycles. The van der Waals surface area contributed by atoms with Gasteiger partial charge in [-0.2, -0.15) is 0 Å². The van der Waals surface area contributed by atoms with Gasteiger partial charge in [0.1, 0.15) is 11.4 Å². The lowest BCUT2D eigenvalue weighted by molar-refractivity contribution is -0.135. The number of rotatable bonds is 3. The third-order valence-electron chi connectivity index (χ3n) is 2.49. The molecule has 2 N–H and O–H groups in total. The minimum absolute atomic E-state index is 0.0888. The van der Waals surface area contributed by atoms with Gasteiger partial charge in [-0.05, 0) is 20.8 Å². The maximum atomic E-state index is 11.3. The van der Waals surface area contributed by atoms with Crippen LogP contribution >= 0.6 is 0 Å². The molecule has 0 aromatic carbocycles. The standard InChI is InChI=1S/C11H19NO4/c1-10(2,3)16-9(15)12-6-11(7-13)4-8(14)5-11/h13H,4-7H2,1-3H3,(H,12,15). The molecule has 0 heterocycles. The van der Waals surface area contributed by atoms with E-state index in [9.17, 15) is 9.59 Å². The lowest BCUT2D eigenvalue weighted by atomic mass is 9.68. The van der Waals surface area contributed by atoms with Gasteiger partial charge in [0.15, 0.2) is 0 Å². The lowest BCUT2D eigenvalue weighted by Gasteiger charge is -2.38. The minimum atomic E-state index is -0.536. The number of amides is 1. The molecule has 0 atom stereocenters. The Bertz CT molecular complexity index is 285. The smallest absolute Gasteiger partial charge is 0.407 e. The van der Waals surface area contributed by atoms with Crippen LogP contribution in [0.3, 0.4) is 0 Å². The summed E-state index contributed by atoms with van der Waals surface area (Å²) in [6.45, 7) is 5.53. The first-order valence-electron chi connectivity index (χ1n) is 5.36. The number of carbonyl (C=O) groups is 2. The van der Waals surface area contributed by atoms with E-state index < -0.39 is 17.1 Å². The molecule has 0 radical (unpaired) electrons. The summed E-state index contributed by atoms with van der Waals surface area (Å²) in [6.07, 6.45) is 0.151. The fourth-order valence-electron chi connectivity index (χ4n) is 1.65. The molecule has 0 unspecified atom stereocenters. The molecule has 1 amide bonds. The quantitative estimate of drug-likeness (QED) is 0.752. The molecule has 1 saturated carbocycles. The second kappa shape index (κ2) is 4.41. The maximum absolute atomic E-state index is 11.3. The van der Waals surface area contributed by atoms with Gasteiger partial charge in [-0.1, -0.05) is 0 Å². The molecule has 1 rings (SSSR count). The van der Waals surface area contributed by atoms with Crippen LogP contribution in [-0.4, -0.2) is 35.7 Å². The molecule has 0 aromatic rings. The molecule has 0 spiro atoms. The fraction of sp³-hybridized carbons (Fsp3) is 0.818. The van der Waals surface area contributed by atoms with Crippen LogP contribution in [0.25, 0.3) is 0 Å². The normalized spacial score (nSPS) is 18.9. The fourth-order valence-corrected chi connectivity index (χ4v) is 1.65. The summed E-state index contributed by atoms with van der Waals surface area (Å²) in [5, 5.41) is 11.7. The summed E-state index contributed by atoms with van der Waals surface area (Å²) in [6, 6.07) is 0. The molecular weight excluding hydrogens is 210 g/mol. The average molecular weight is 229 g/mol.